The largest absolute Gasteiger partial charge is 0.496 e. The molecule has 1 aromatic heterocycles. The SMILES string of the molecule is CCCNC(c1ccccc1OC)c1sc(C)cc1C. The van der Waals surface area contributed by atoms with Gasteiger partial charge < -0.3 is 10.1 Å². The number of ether oxygens (including phenoxy) is 1. The van der Waals surface area contributed by atoms with E-state index in [1.54, 1.807) is 7.11 Å². The standard InChI is InChI=1S/C17H23NOS/c1-5-10-18-16(17-12(2)11-13(3)20-17)14-8-6-7-9-15(14)19-4/h6-9,11,16,18H,5,10H2,1-4H3. The summed E-state index contributed by atoms with van der Waals surface area (Å²) >= 11 is 1.87. The van der Waals surface area contributed by atoms with Crippen LogP contribution in [0.25, 0.3) is 0 Å². The van der Waals surface area contributed by atoms with Crippen LogP contribution in [0.5, 0.6) is 5.75 Å². The number of nitrogens with one attached hydrogen (secondary N) is 1. The molecule has 20 heavy (non-hydrogen) atoms. The molecular weight excluding hydrogens is 266 g/mol. The van der Waals surface area contributed by atoms with Gasteiger partial charge in [0.25, 0.3) is 0 Å². The molecular formula is C17H23NOS. The van der Waals surface area contributed by atoms with E-state index in [-0.39, 0.29) is 6.04 Å². The van der Waals surface area contributed by atoms with Gasteiger partial charge in [-0.3, -0.25) is 0 Å². The first-order valence-electron chi connectivity index (χ1n) is 7.10. The summed E-state index contributed by atoms with van der Waals surface area (Å²) in [5.41, 5.74) is 2.57. The third-order valence-corrected chi connectivity index (χ3v) is 4.61. The zero-order chi connectivity index (χ0) is 14.5. The van der Waals surface area contributed by atoms with Crippen LogP contribution in [0, 0.1) is 13.8 Å². The molecule has 0 fully saturated rings. The molecule has 0 radical (unpaired) electrons. The maximum Gasteiger partial charge on any atom is 0.124 e. The van der Waals surface area contributed by atoms with E-state index in [1.807, 2.05) is 23.5 Å². The second kappa shape index (κ2) is 6.91. The Morgan fingerprint density at radius 2 is 2.00 bits per heavy atom. The lowest BCUT2D eigenvalue weighted by Gasteiger charge is -2.21. The summed E-state index contributed by atoms with van der Waals surface area (Å²) in [6.45, 7) is 7.55. The monoisotopic (exact) mass is 289 g/mol. The third-order valence-electron chi connectivity index (χ3n) is 3.39. The molecule has 3 heteroatoms. The number of thiophene rings is 1. The molecule has 1 atom stereocenters. The first-order valence-corrected chi connectivity index (χ1v) is 7.92. The van der Waals surface area contributed by atoms with Crippen molar-refractivity contribution in [1.29, 1.82) is 0 Å². The predicted molar refractivity (Wildman–Crippen MR) is 86.9 cm³/mol. The van der Waals surface area contributed by atoms with Crippen molar-refractivity contribution in [2.45, 2.75) is 33.2 Å². The number of hydrogen-bond acceptors (Lipinski definition) is 3. The van der Waals surface area contributed by atoms with Gasteiger partial charge in [-0.2, -0.15) is 0 Å². The van der Waals surface area contributed by atoms with Gasteiger partial charge >= 0.3 is 0 Å². The lowest BCUT2D eigenvalue weighted by molar-refractivity contribution is 0.404. The van der Waals surface area contributed by atoms with Crippen molar-refractivity contribution in [2.24, 2.45) is 0 Å². The minimum absolute atomic E-state index is 0.213. The van der Waals surface area contributed by atoms with Gasteiger partial charge in [0, 0.05) is 15.3 Å². The number of hydrogen-bond donors (Lipinski definition) is 1. The van der Waals surface area contributed by atoms with Crippen LogP contribution in [0.1, 0.15) is 40.3 Å². The first kappa shape index (κ1) is 15.1. The number of aryl methyl sites for hydroxylation is 2. The van der Waals surface area contributed by atoms with Gasteiger partial charge in [0.1, 0.15) is 5.75 Å². The van der Waals surface area contributed by atoms with Gasteiger partial charge in [0.05, 0.1) is 13.2 Å². The highest BCUT2D eigenvalue weighted by atomic mass is 32.1. The molecule has 0 saturated carbocycles. The van der Waals surface area contributed by atoms with Crippen LogP contribution in [0.4, 0.5) is 0 Å². The van der Waals surface area contributed by atoms with E-state index in [9.17, 15) is 0 Å². The van der Waals surface area contributed by atoms with Crippen molar-refractivity contribution in [2.75, 3.05) is 13.7 Å². The summed E-state index contributed by atoms with van der Waals surface area (Å²) < 4.78 is 5.54. The minimum Gasteiger partial charge on any atom is -0.496 e. The van der Waals surface area contributed by atoms with Crippen LogP contribution in [-0.4, -0.2) is 13.7 Å². The molecule has 108 valence electrons. The van der Waals surface area contributed by atoms with Crippen LogP contribution >= 0.6 is 11.3 Å². The van der Waals surface area contributed by atoms with Crippen LogP contribution in [0.3, 0.4) is 0 Å². The average Bonchev–Trinajstić information content (AvgIpc) is 2.79. The highest BCUT2D eigenvalue weighted by molar-refractivity contribution is 7.12. The Labute approximate surface area is 125 Å². The summed E-state index contributed by atoms with van der Waals surface area (Å²) in [6, 6.07) is 10.8. The number of rotatable bonds is 6. The maximum atomic E-state index is 5.54. The lowest BCUT2D eigenvalue weighted by atomic mass is 10.0. The molecule has 0 spiro atoms. The van der Waals surface area contributed by atoms with Gasteiger partial charge in [0.15, 0.2) is 0 Å². The van der Waals surface area contributed by atoms with E-state index in [2.05, 4.69) is 44.3 Å². The molecule has 1 unspecified atom stereocenters. The second-order valence-electron chi connectivity index (χ2n) is 5.03. The summed E-state index contributed by atoms with van der Waals surface area (Å²) in [5.74, 6) is 0.951. The van der Waals surface area contributed by atoms with E-state index >= 15 is 0 Å². The molecule has 0 aliphatic carbocycles. The zero-order valence-corrected chi connectivity index (χ0v) is 13.5. The summed E-state index contributed by atoms with van der Waals surface area (Å²) in [4.78, 5) is 2.75. The average molecular weight is 289 g/mol. The van der Waals surface area contributed by atoms with Gasteiger partial charge in [-0.05, 0) is 44.5 Å². The Kier molecular flexibility index (Phi) is 5.21. The Hall–Kier alpha value is -1.32. The summed E-state index contributed by atoms with van der Waals surface area (Å²) in [7, 11) is 1.74. The Bertz CT molecular complexity index is 562. The predicted octanol–water partition coefficient (Wildman–Crippen LogP) is 4.46. The summed E-state index contributed by atoms with van der Waals surface area (Å²) in [5, 5.41) is 3.66. The Balaban J connectivity index is 2.44. The normalized spacial score (nSPS) is 12.4. The van der Waals surface area contributed by atoms with E-state index in [0.29, 0.717) is 0 Å². The molecule has 0 aliphatic rings. The molecule has 0 saturated heterocycles. The summed E-state index contributed by atoms with van der Waals surface area (Å²) in [6.07, 6.45) is 1.12. The fourth-order valence-electron chi connectivity index (χ4n) is 2.48. The van der Waals surface area contributed by atoms with E-state index in [4.69, 9.17) is 4.74 Å². The number of para-hydroxylation sites is 1. The molecule has 2 aromatic rings. The highest BCUT2D eigenvalue weighted by Gasteiger charge is 2.20. The molecule has 1 heterocycles. The van der Waals surface area contributed by atoms with Crippen LogP contribution in [-0.2, 0) is 0 Å². The molecule has 1 aromatic carbocycles. The van der Waals surface area contributed by atoms with Crippen LogP contribution in [0.2, 0.25) is 0 Å². The van der Waals surface area contributed by atoms with Crippen molar-refractivity contribution >= 4 is 11.3 Å². The third kappa shape index (κ3) is 3.22. The van der Waals surface area contributed by atoms with Gasteiger partial charge in [0.2, 0.25) is 0 Å². The van der Waals surface area contributed by atoms with E-state index < -0.39 is 0 Å². The highest BCUT2D eigenvalue weighted by Crippen LogP contribution is 2.35. The van der Waals surface area contributed by atoms with Crippen molar-refractivity contribution in [1.82, 2.24) is 5.32 Å². The zero-order valence-electron chi connectivity index (χ0n) is 12.7. The van der Waals surface area contributed by atoms with Crippen molar-refractivity contribution < 1.29 is 4.74 Å². The van der Waals surface area contributed by atoms with Crippen molar-refractivity contribution in [3.8, 4) is 5.75 Å². The van der Waals surface area contributed by atoms with Crippen molar-refractivity contribution in [3.05, 3.63) is 51.2 Å². The second-order valence-corrected chi connectivity index (χ2v) is 6.32. The fraction of sp³-hybridized carbons (Fsp3) is 0.412. The van der Waals surface area contributed by atoms with E-state index in [1.165, 1.54) is 20.9 Å². The van der Waals surface area contributed by atoms with Gasteiger partial charge in [-0.15, -0.1) is 11.3 Å². The number of methoxy groups -OCH3 is 1. The maximum absolute atomic E-state index is 5.54. The lowest BCUT2D eigenvalue weighted by Crippen LogP contribution is -2.23. The molecule has 0 bridgehead atoms. The smallest absolute Gasteiger partial charge is 0.124 e. The van der Waals surface area contributed by atoms with Crippen LogP contribution in [0.15, 0.2) is 30.3 Å². The molecule has 2 nitrogen and oxygen atoms in total. The molecule has 2 rings (SSSR count). The van der Waals surface area contributed by atoms with E-state index in [0.717, 1.165) is 18.7 Å². The van der Waals surface area contributed by atoms with Crippen LogP contribution < -0.4 is 10.1 Å². The molecule has 0 amide bonds. The Morgan fingerprint density at radius 3 is 2.60 bits per heavy atom. The quantitative estimate of drug-likeness (QED) is 0.847. The number of benzene rings is 1. The van der Waals surface area contributed by atoms with Gasteiger partial charge in [-0.25, -0.2) is 0 Å². The van der Waals surface area contributed by atoms with Gasteiger partial charge in [-0.1, -0.05) is 25.1 Å². The Morgan fingerprint density at radius 1 is 1.25 bits per heavy atom. The minimum atomic E-state index is 0.213. The fourth-order valence-corrected chi connectivity index (χ4v) is 3.61. The first-order chi connectivity index (χ1) is 9.67. The van der Waals surface area contributed by atoms with Crippen molar-refractivity contribution in [3.63, 3.8) is 0 Å². The molecule has 0 aliphatic heterocycles. The topological polar surface area (TPSA) is 21.3 Å². The molecule has 1 N–H and O–H groups in total.